The Morgan fingerprint density at radius 3 is 1.24 bits per heavy atom. The molecule has 0 aliphatic rings. The van der Waals surface area contributed by atoms with Gasteiger partial charge in [-0.15, -0.1) is 0 Å². The first kappa shape index (κ1) is 105. The van der Waals surface area contributed by atoms with Crippen LogP contribution in [0.2, 0.25) is 36.3 Å². The number of sulfone groups is 1. The van der Waals surface area contributed by atoms with Crippen molar-refractivity contribution in [1.82, 2.24) is 44.4 Å². The predicted octanol–water partition coefficient (Wildman–Crippen LogP) is 24.2. The zero-order valence-corrected chi connectivity index (χ0v) is 85.5. The van der Waals surface area contributed by atoms with Gasteiger partial charge in [-0.25, -0.2) is 33.1 Å². The molecule has 0 saturated heterocycles. The van der Waals surface area contributed by atoms with E-state index in [0.717, 1.165) is 72.8 Å². The minimum atomic E-state index is -3.45. The van der Waals surface area contributed by atoms with Crippen LogP contribution in [-0.2, 0) is 25.7 Å². The van der Waals surface area contributed by atoms with Crippen LogP contribution in [0.25, 0.3) is 88.7 Å². The number of aromatic hydroxyl groups is 1. The van der Waals surface area contributed by atoms with Crippen molar-refractivity contribution in [3.8, 4) is 5.75 Å². The topological polar surface area (TPSA) is 460 Å². The number of phenolic OH excluding ortho intramolecular Hbond substituents is 1. The van der Waals surface area contributed by atoms with Gasteiger partial charge in [-0.1, -0.05) is 101 Å². The van der Waals surface area contributed by atoms with Crippen molar-refractivity contribution in [1.29, 1.82) is 0 Å². The number of aromatic amines is 2. The molecule has 8 N–H and O–H groups in total. The summed E-state index contributed by atoms with van der Waals surface area (Å²) in [7, 11) is -5.23. The number of carbonyl (C=O) groups excluding carboxylic acids is 5. The van der Waals surface area contributed by atoms with Crippen LogP contribution in [0.3, 0.4) is 0 Å². The number of hydrogen-bond acceptors (Lipinski definition) is 32. The number of carbonyl (C=O) groups is 5. The predicted molar refractivity (Wildman–Crippen MR) is 538 cm³/mol. The number of aliphatic hydroxyl groups is 2. The molecule has 0 spiro atoms. The van der Waals surface area contributed by atoms with Crippen LogP contribution < -0.4 is 16.8 Å². The second-order valence-electron chi connectivity index (χ2n) is 34.6. The Balaban J connectivity index is 0.000000162. The number of ketones is 5. The summed E-state index contributed by atoms with van der Waals surface area (Å²) in [5.41, 5.74) is 23.4. The molecule has 0 aliphatic carbocycles. The molecule has 31 nitrogen and oxygen atoms in total. The number of nitrogen functional groups attached to an aromatic ring is 1. The van der Waals surface area contributed by atoms with E-state index in [1.807, 2.05) is 85.8 Å². The van der Waals surface area contributed by atoms with Crippen molar-refractivity contribution in [2.75, 3.05) is 36.1 Å². The number of aromatic nitrogens is 9. The van der Waals surface area contributed by atoms with Crippen LogP contribution in [0.4, 0.5) is 17.7 Å². The van der Waals surface area contributed by atoms with Gasteiger partial charge in [-0.05, 0) is 291 Å². The highest BCUT2D eigenvalue weighted by molar-refractivity contribution is 7.98. The third-order valence-electron chi connectivity index (χ3n) is 22.3. The standard InChI is InChI=1S/C19H18N4O3.C16H25NO4SSi.C16H25NO2SSi.C10H11NO2S.C10H9NO2S.C9H7NO3.C9H7NO2S.C8H9NO2/c1-10(24)12-5-7-16-15(8-12)20-18(23(16)3)22-19-21-14-6-4-13(11(2)25)9-17(14)26-19;1-11(21-23(6,7)16(2,3)4)12-8-9-13-14(10-12)20-15(17-13)22(5,18)19;1-11(19-21(6,7)16(2,3)4)12-8-9-13-14(10-12)18-15(17-13)20-5;2*1-6(12)7-3-4-8-9(5-7)13-10(11-8)14-2;1-5(11)6-2-3-7-8(4-6)13-9(12)10-7;1-5(11)6-2-3-7-8(4-6)12-9(13)10-7;1-5(10)6-2-3-7(9)8(11)4-6/h4-9,11,25H,1-3H3,(H,20,21,22);8-11H,1-7H3;8-11H,1-7H3;3-6,12H,1-2H3;3-5H,1-2H3;2-4H,1H3,(H,10,12);2-4H,1H3,(H,10,13);2-4,11H,9H2,1H3. The Morgan fingerprint density at radius 2 is 0.815 bits per heavy atom. The third kappa shape index (κ3) is 27.3. The summed E-state index contributed by atoms with van der Waals surface area (Å²) in [5, 5.41) is 33.3. The lowest BCUT2D eigenvalue weighted by Crippen LogP contribution is -2.41. The fourth-order valence-electron chi connectivity index (χ4n) is 12.4. The first-order valence-electron chi connectivity index (χ1n) is 42.4. The molecule has 712 valence electrons. The monoisotopic (exact) mass is 1970 g/mol. The van der Waals surface area contributed by atoms with Crippen LogP contribution >= 0.6 is 47.5 Å². The number of Topliss-reactive ketones (excluding diaryl/α,β-unsaturated/α-hetero) is 5. The largest absolute Gasteiger partial charge is 0.506 e. The molecule has 0 saturated carbocycles. The number of nitrogens with zero attached hydrogens (tertiary/aromatic N) is 7. The van der Waals surface area contributed by atoms with E-state index in [9.17, 15) is 47.4 Å². The average molecular weight is 1970 g/mol. The Morgan fingerprint density at radius 1 is 0.459 bits per heavy atom. The quantitative estimate of drug-likeness (QED) is 0.00987. The Bertz CT molecular complexity index is 7330. The molecule has 8 heterocycles. The molecule has 0 radical (unpaired) electrons. The zero-order chi connectivity index (χ0) is 99.4. The van der Waals surface area contributed by atoms with Crippen molar-refractivity contribution in [3.05, 3.63) is 229 Å². The molecule has 17 rings (SSSR count). The van der Waals surface area contributed by atoms with Gasteiger partial charge in [0.2, 0.25) is 15.8 Å². The van der Waals surface area contributed by atoms with Gasteiger partial charge in [0.25, 0.3) is 20.5 Å². The fraction of sp³-hybridized carbons (Fsp3) is 0.309. The number of nitrogens with one attached hydrogen (secondary N) is 3. The Hall–Kier alpha value is -12.2. The van der Waals surface area contributed by atoms with Crippen LogP contribution in [0.1, 0.15) is 202 Å². The van der Waals surface area contributed by atoms with Crippen LogP contribution in [0.5, 0.6) is 5.75 Å². The highest BCUT2D eigenvalue weighted by Gasteiger charge is 2.40. The summed E-state index contributed by atoms with van der Waals surface area (Å²) in [6, 6.07) is 48.1. The smallest absolute Gasteiger partial charge is 0.417 e. The number of imidazole rings is 1. The number of nitrogens with two attached hydrogens (primary N) is 1. The third-order valence-corrected chi connectivity index (χ3v) is 33.9. The number of hydrogen-bond donors (Lipinski definition) is 7. The molecular weight excluding hydrogens is 1860 g/mol. The van der Waals surface area contributed by atoms with E-state index >= 15 is 0 Å². The Kier molecular flexibility index (Phi) is 34.2. The van der Waals surface area contributed by atoms with E-state index in [1.54, 1.807) is 105 Å². The first-order valence-corrected chi connectivity index (χ1v) is 54.2. The number of aryl methyl sites for hydroxylation is 1. The van der Waals surface area contributed by atoms with Gasteiger partial charge in [0.1, 0.15) is 33.3 Å². The summed E-state index contributed by atoms with van der Waals surface area (Å²) >= 11 is 9.25. The van der Waals surface area contributed by atoms with E-state index in [1.165, 1.54) is 82.0 Å². The minimum Gasteiger partial charge on any atom is -0.506 e. The maximum absolute atomic E-state index is 11.6. The van der Waals surface area contributed by atoms with Gasteiger partial charge in [0.05, 0.1) is 52.2 Å². The molecule has 0 aliphatic heterocycles. The molecular formula is C97H111N11O20S5Si2. The van der Waals surface area contributed by atoms with Crippen molar-refractivity contribution in [2.24, 2.45) is 7.05 Å². The molecule has 17 aromatic rings. The maximum atomic E-state index is 11.6. The molecule has 0 amide bonds. The fourth-order valence-corrected chi connectivity index (χ4v) is 17.0. The summed E-state index contributed by atoms with van der Waals surface area (Å²) < 4.78 is 75.4. The van der Waals surface area contributed by atoms with Crippen molar-refractivity contribution in [2.45, 2.75) is 185 Å². The highest BCUT2D eigenvalue weighted by Crippen LogP contribution is 2.42. The first-order chi connectivity index (χ1) is 63.2. The summed E-state index contributed by atoms with van der Waals surface area (Å²) in [4.78, 5) is 97.6. The molecule has 4 unspecified atom stereocenters. The number of thioether (sulfide) groups is 3. The SMILES string of the molecule is CC(=O)c1ccc(N)c(O)c1.CC(=O)c1ccc2[nH]c(=O)oc2c1.CC(=O)c1ccc2[nH]c(=S)oc2c1.CC(=O)c1ccc2c(c1)nc(Nc1nc3ccc(C(C)O)cc3o1)n2C.CC(O[Si](C)(C)C(C)(C)C)c1ccc2nc(S(C)(=O)=O)oc2c1.CSc1nc2ccc(C(C)=O)cc2o1.CSc1nc2ccc(C(C)O)cc2o1.CSc1nc2ccc(C(C)O[Si](C)(C)C(C)(C)C)cc2o1. The van der Waals surface area contributed by atoms with E-state index in [4.69, 9.17) is 62.8 Å². The summed E-state index contributed by atoms with van der Waals surface area (Å²) in [5.74, 6) is -0.0689. The maximum Gasteiger partial charge on any atom is 0.417 e. The normalized spacial score (nSPS) is 12.6. The van der Waals surface area contributed by atoms with Gasteiger partial charge >= 0.3 is 17.0 Å². The molecule has 9 aromatic carbocycles. The molecule has 8 aromatic heterocycles. The number of fused-ring (bicyclic) bond motifs is 8. The second-order valence-corrected chi connectivity index (χ2v) is 48.7. The number of H-pyrrole nitrogens is 2. The van der Waals surface area contributed by atoms with E-state index in [0.29, 0.717) is 105 Å². The van der Waals surface area contributed by atoms with Crippen LogP contribution in [-0.4, -0.2) is 139 Å². The van der Waals surface area contributed by atoms with E-state index < -0.39 is 44.4 Å². The average Bonchev–Trinajstić information content (AvgIpc) is 1.66. The molecule has 0 fully saturated rings. The van der Waals surface area contributed by atoms with Gasteiger partial charge < -0.3 is 70.4 Å². The van der Waals surface area contributed by atoms with Crippen LogP contribution in [0, 0.1) is 4.84 Å². The lowest BCUT2D eigenvalue weighted by Gasteiger charge is -2.38. The second kappa shape index (κ2) is 44.1. The highest BCUT2D eigenvalue weighted by atomic mass is 32.2. The number of aliphatic hydroxyl groups excluding tert-OH is 2. The van der Waals surface area contributed by atoms with Crippen molar-refractivity contribution in [3.63, 3.8) is 0 Å². The van der Waals surface area contributed by atoms with Gasteiger partial charge in [0, 0.05) is 41.1 Å². The van der Waals surface area contributed by atoms with Gasteiger partial charge in [0.15, 0.2) is 84.6 Å². The van der Waals surface area contributed by atoms with Gasteiger partial charge in [-0.3, -0.25) is 34.3 Å². The lowest BCUT2D eigenvalue weighted by atomic mass is 10.1. The summed E-state index contributed by atoms with van der Waals surface area (Å²) in [6.45, 7) is 37.4. The number of anilines is 3. The molecule has 38 heteroatoms. The Labute approximate surface area is 799 Å². The molecule has 4 atom stereocenters. The molecule has 135 heavy (non-hydrogen) atoms. The minimum absolute atomic E-state index is 0.0000658. The van der Waals surface area contributed by atoms with Crippen LogP contribution in [0.15, 0.2) is 220 Å². The van der Waals surface area contributed by atoms with E-state index in [2.05, 4.69) is 132 Å². The number of rotatable bonds is 19. The number of benzene rings is 9. The number of phenols is 1. The van der Waals surface area contributed by atoms with Crippen molar-refractivity contribution >= 4 is 209 Å². The molecule has 0 bridgehead atoms. The zero-order valence-electron chi connectivity index (χ0n) is 79.4. The van der Waals surface area contributed by atoms with Gasteiger partial charge in [-0.2, -0.15) is 9.97 Å². The van der Waals surface area contributed by atoms with Crippen molar-refractivity contribution < 1.29 is 87.5 Å². The lowest BCUT2D eigenvalue weighted by molar-refractivity contribution is 0.100. The van der Waals surface area contributed by atoms with E-state index in [-0.39, 0.29) is 67.9 Å². The summed E-state index contributed by atoms with van der Waals surface area (Å²) in [6.07, 6.45) is 5.80. The number of oxazole rings is 7.